The van der Waals surface area contributed by atoms with E-state index in [-0.39, 0.29) is 30.0 Å². The number of aromatic carboxylic acids is 1. The molecule has 1 fully saturated rings. The van der Waals surface area contributed by atoms with Gasteiger partial charge in [0.05, 0.1) is 18.6 Å². The van der Waals surface area contributed by atoms with E-state index in [1.165, 1.54) is 6.07 Å². The van der Waals surface area contributed by atoms with Crippen LogP contribution < -0.4 is 5.32 Å². The minimum absolute atomic E-state index is 0.112. The van der Waals surface area contributed by atoms with Crippen LogP contribution in [0.25, 0.3) is 0 Å². The molecule has 0 radical (unpaired) electrons. The van der Waals surface area contributed by atoms with Crippen molar-refractivity contribution in [2.24, 2.45) is 5.92 Å². The zero-order chi connectivity index (χ0) is 17.8. The molecule has 25 heavy (non-hydrogen) atoms. The highest BCUT2D eigenvalue weighted by Crippen LogP contribution is 2.33. The molecule has 2 N–H and O–H groups in total. The van der Waals surface area contributed by atoms with E-state index in [0.717, 1.165) is 18.4 Å². The number of amides is 1. The number of carboxylic acids is 1. The van der Waals surface area contributed by atoms with Crippen LogP contribution >= 0.6 is 0 Å². The Labute approximate surface area is 145 Å². The topological polar surface area (TPSA) is 88.8 Å². The summed E-state index contributed by atoms with van der Waals surface area (Å²) in [5.74, 6) is -0.662. The van der Waals surface area contributed by atoms with Gasteiger partial charge in [-0.3, -0.25) is 4.79 Å². The van der Waals surface area contributed by atoms with Crippen LogP contribution in [-0.2, 0) is 16.1 Å². The van der Waals surface area contributed by atoms with Gasteiger partial charge in [-0.05, 0) is 31.4 Å². The summed E-state index contributed by atoms with van der Waals surface area (Å²) in [7, 11) is 0. The van der Waals surface area contributed by atoms with Gasteiger partial charge >= 0.3 is 5.97 Å². The first-order valence-electron chi connectivity index (χ1n) is 8.33. The van der Waals surface area contributed by atoms with Gasteiger partial charge in [-0.25, -0.2) is 4.79 Å². The number of hydrogen-bond acceptors (Lipinski definition) is 4. The van der Waals surface area contributed by atoms with Crippen molar-refractivity contribution in [1.82, 2.24) is 5.32 Å². The molecule has 132 valence electrons. The highest BCUT2D eigenvalue weighted by atomic mass is 16.5. The Hall–Kier alpha value is -2.60. The van der Waals surface area contributed by atoms with Gasteiger partial charge in [-0.2, -0.15) is 0 Å². The fraction of sp³-hybridized carbons (Fsp3) is 0.368. The summed E-state index contributed by atoms with van der Waals surface area (Å²) in [4.78, 5) is 23.7. The third-order valence-electron chi connectivity index (χ3n) is 4.42. The Morgan fingerprint density at radius 1 is 1.28 bits per heavy atom. The Bertz CT molecular complexity index is 752. The Kier molecular flexibility index (Phi) is 5.19. The highest BCUT2D eigenvalue weighted by Gasteiger charge is 2.33. The number of aryl methyl sites for hydroxylation is 1. The van der Waals surface area contributed by atoms with Gasteiger partial charge in [0.25, 0.3) is 0 Å². The molecule has 0 saturated carbocycles. The molecule has 1 aliphatic heterocycles. The number of rotatable bonds is 5. The summed E-state index contributed by atoms with van der Waals surface area (Å²) in [6.07, 6.45) is 1.33. The van der Waals surface area contributed by atoms with Crippen molar-refractivity contribution in [2.75, 3.05) is 6.61 Å². The molecule has 1 aromatic carbocycles. The van der Waals surface area contributed by atoms with Gasteiger partial charge in [-0.15, -0.1) is 0 Å². The fourth-order valence-electron chi connectivity index (χ4n) is 3.17. The molecule has 0 bridgehead atoms. The first-order valence-corrected chi connectivity index (χ1v) is 8.33. The lowest BCUT2D eigenvalue weighted by Crippen LogP contribution is -2.37. The number of ether oxygens (including phenoxy) is 1. The minimum Gasteiger partial charge on any atom is -0.478 e. The third-order valence-corrected chi connectivity index (χ3v) is 4.42. The molecule has 2 heterocycles. The molecule has 1 aromatic heterocycles. The average Bonchev–Trinajstić information content (AvgIpc) is 3.01. The van der Waals surface area contributed by atoms with E-state index in [1.807, 2.05) is 30.3 Å². The molecule has 6 nitrogen and oxygen atoms in total. The number of carbonyl (C=O) groups excluding carboxylic acids is 1. The number of furan rings is 1. The molecular weight excluding hydrogens is 322 g/mol. The zero-order valence-electron chi connectivity index (χ0n) is 14.0. The summed E-state index contributed by atoms with van der Waals surface area (Å²) in [6, 6.07) is 11.2. The van der Waals surface area contributed by atoms with Crippen LogP contribution in [0.15, 0.2) is 40.8 Å². The lowest BCUT2D eigenvalue weighted by atomic mass is 9.89. The molecule has 6 heteroatoms. The van der Waals surface area contributed by atoms with Crippen molar-refractivity contribution in [3.05, 3.63) is 59.0 Å². The normalized spacial score (nSPS) is 20.2. The van der Waals surface area contributed by atoms with E-state index in [4.69, 9.17) is 14.3 Å². The van der Waals surface area contributed by atoms with Crippen LogP contribution in [0.1, 0.15) is 46.4 Å². The summed E-state index contributed by atoms with van der Waals surface area (Å²) in [5, 5.41) is 11.9. The Morgan fingerprint density at radius 3 is 2.72 bits per heavy atom. The van der Waals surface area contributed by atoms with Gasteiger partial charge in [0.2, 0.25) is 5.91 Å². The van der Waals surface area contributed by atoms with Crippen LogP contribution in [-0.4, -0.2) is 23.6 Å². The fourth-order valence-corrected chi connectivity index (χ4v) is 3.17. The number of carbonyl (C=O) groups is 2. The third kappa shape index (κ3) is 3.91. The second kappa shape index (κ2) is 7.53. The van der Waals surface area contributed by atoms with Gasteiger partial charge in [0.15, 0.2) is 0 Å². The quantitative estimate of drug-likeness (QED) is 0.871. The second-order valence-corrected chi connectivity index (χ2v) is 6.16. The molecule has 2 aromatic rings. The summed E-state index contributed by atoms with van der Waals surface area (Å²) >= 11 is 0. The van der Waals surface area contributed by atoms with Gasteiger partial charge in [0, 0.05) is 6.61 Å². The molecule has 1 saturated heterocycles. The maximum atomic E-state index is 12.6. The van der Waals surface area contributed by atoms with Gasteiger partial charge in [-0.1, -0.05) is 30.3 Å². The molecule has 2 atom stereocenters. The monoisotopic (exact) mass is 343 g/mol. The van der Waals surface area contributed by atoms with E-state index >= 15 is 0 Å². The van der Waals surface area contributed by atoms with Gasteiger partial charge < -0.3 is 19.6 Å². The van der Waals surface area contributed by atoms with Crippen molar-refractivity contribution < 1.29 is 23.8 Å². The first-order chi connectivity index (χ1) is 12.1. The zero-order valence-corrected chi connectivity index (χ0v) is 14.0. The number of hydrogen-bond donors (Lipinski definition) is 2. The number of nitrogens with one attached hydrogen (secondary N) is 1. The van der Waals surface area contributed by atoms with Crippen LogP contribution in [0.4, 0.5) is 0 Å². The van der Waals surface area contributed by atoms with Crippen LogP contribution in [0, 0.1) is 12.8 Å². The molecule has 0 spiro atoms. The average molecular weight is 343 g/mol. The van der Waals surface area contributed by atoms with Crippen molar-refractivity contribution >= 4 is 11.9 Å². The summed E-state index contributed by atoms with van der Waals surface area (Å²) in [6.45, 7) is 2.39. The number of benzene rings is 1. The van der Waals surface area contributed by atoms with E-state index in [1.54, 1.807) is 6.92 Å². The maximum Gasteiger partial charge on any atom is 0.339 e. The highest BCUT2D eigenvalue weighted by molar-refractivity contribution is 5.88. The van der Waals surface area contributed by atoms with E-state index in [9.17, 15) is 9.59 Å². The minimum atomic E-state index is -1.04. The van der Waals surface area contributed by atoms with Crippen molar-refractivity contribution in [3.8, 4) is 0 Å². The molecule has 1 amide bonds. The maximum absolute atomic E-state index is 12.6. The summed E-state index contributed by atoms with van der Waals surface area (Å²) in [5.41, 5.74) is 1.11. The lowest BCUT2D eigenvalue weighted by Gasteiger charge is -2.31. The van der Waals surface area contributed by atoms with Gasteiger partial charge in [0.1, 0.15) is 17.1 Å². The van der Waals surface area contributed by atoms with E-state index in [2.05, 4.69) is 5.32 Å². The Morgan fingerprint density at radius 2 is 2.04 bits per heavy atom. The van der Waals surface area contributed by atoms with E-state index < -0.39 is 5.97 Å². The predicted molar refractivity (Wildman–Crippen MR) is 90.1 cm³/mol. The molecule has 0 aliphatic carbocycles. The van der Waals surface area contributed by atoms with Crippen LogP contribution in [0.5, 0.6) is 0 Å². The Balaban J connectivity index is 1.67. The largest absolute Gasteiger partial charge is 0.478 e. The first kappa shape index (κ1) is 17.2. The molecule has 0 unspecified atom stereocenters. The van der Waals surface area contributed by atoms with Crippen LogP contribution in [0.3, 0.4) is 0 Å². The molecular formula is C19H21NO5. The SMILES string of the molecule is Cc1oc(CNC(=O)[C@H]2CCCO[C@@H]2c2ccccc2)cc1C(=O)O. The smallest absolute Gasteiger partial charge is 0.339 e. The van der Waals surface area contributed by atoms with Crippen molar-refractivity contribution in [3.63, 3.8) is 0 Å². The standard InChI is InChI=1S/C19H21NO5/c1-12-16(19(22)23)10-14(25-12)11-20-18(21)15-8-5-9-24-17(15)13-6-3-2-4-7-13/h2-4,6-7,10,15,17H,5,8-9,11H2,1H3,(H,20,21)(H,22,23)/t15-,17+/m0/s1. The van der Waals surface area contributed by atoms with E-state index in [0.29, 0.717) is 18.1 Å². The van der Waals surface area contributed by atoms with Crippen molar-refractivity contribution in [1.29, 1.82) is 0 Å². The number of carboxylic acid groups (broad SMARTS) is 1. The lowest BCUT2D eigenvalue weighted by molar-refractivity contribution is -0.135. The second-order valence-electron chi connectivity index (χ2n) is 6.16. The molecule has 3 rings (SSSR count). The van der Waals surface area contributed by atoms with Crippen LogP contribution in [0.2, 0.25) is 0 Å². The summed E-state index contributed by atoms with van der Waals surface area (Å²) < 4.78 is 11.2. The van der Waals surface area contributed by atoms with Crippen molar-refractivity contribution in [2.45, 2.75) is 32.4 Å². The molecule has 1 aliphatic rings. The predicted octanol–water partition coefficient (Wildman–Crippen LogP) is 3.07.